The van der Waals surface area contributed by atoms with Crippen LogP contribution in [0.15, 0.2) is 9.95 Å². The van der Waals surface area contributed by atoms with E-state index in [1.54, 1.807) is 11.3 Å². The molecule has 1 saturated heterocycles. The lowest BCUT2D eigenvalue weighted by Crippen LogP contribution is -2.37. The number of carbonyl (C=O) groups excluding carboxylic acids is 1. The average Bonchev–Trinajstić information content (AvgIpc) is 3.23. The fourth-order valence-corrected chi connectivity index (χ4v) is 6.27. The summed E-state index contributed by atoms with van der Waals surface area (Å²) in [5.41, 5.74) is 1.31. The molecule has 0 spiro atoms. The number of thiophene rings is 1. The van der Waals surface area contributed by atoms with Gasteiger partial charge >= 0.3 is 0 Å². The third-order valence-electron chi connectivity index (χ3n) is 5.37. The van der Waals surface area contributed by atoms with E-state index in [-0.39, 0.29) is 11.5 Å². The van der Waals surface area contributed by atoms with E-state index >= 15 is 0 Å². The number of thioether (sulfide) groups is 1. The predicted molar refractivity (Wildman–Crippen MR) is 112 cm³/mol. The second kappa shape index (κ2) is 7.95. The van der Waals surface area contributed by atoms with Gasteiger partial charge in [-0.2, -0.15) is 0 Å². The number of rotatable bonds is 5. The van der Waals surface area contributed by atoms with Crippen molar-refractivity contribution in [1.29, 1.82) is 0 Å². The molecule has 0 atom stereocenters. The molecule has 4 rings (SSSR count). The van der Waals surface area contributed by atoms with Crippen molar-refractivity contribution in [2.75, 3.05) is 18.8 Å². The number of amides is 1. The summed E-state index contributed by atoms with van der Waals surface area (Å²) in [5, 5.41) is 1.53. The van der Waals surface area contributed by atoms with Gasteiger partial charge in [-0.3, -0.25) is 14.2 Å². The fourth-order valence-electron chi connectivity index (χ4n) is 4.06. The third-order valence-corrected chi connectivity index (χ3v) is 7.52. The van der Waals surface area contributed by atoms with E-state index in [1.807, 2.05) is 9.47 Å². The molecule has 0 bridgehead atoms. The molecule has 0 unspecified atom stereocenters. The second-order valence-corrected chi connectivity index (χ2v) is 10.00. The van der Waals surface area contributed by atoms with E-state index in [1.165, 1.54) is 28.6 Å². The number of aromatic nitrogens is 2. The molecule has 0 aromatic carbocycles. The largest absolute Gasteiger partial charge is 0.342 e. The van der Waals surface area contributed by atoms with Crippen LogP contribution < -0.4 is 5.56 Å². The summed E-state index contributed by atoms with van der Waals surface area (Å²) in [6, 6.07) is 0. The topological polar surface area (TPSA) is 55.2 Å². The maximum absolute atomic E-state index is 13.3. The highest BCUT2D eigenvalue weighted by molar-refractivity contribution is 7.99. The molecule has 0 radical (unpaired) electrons. The number of piperidine rings is 1. The predicted octanol–water partition coefficient (Wildman–Crippen LogP) is 3.71. The lowest BCUT2D eigenvalue weighted by atomic mass is 10.1. The van der Waals surface area contributed by atoms with Crippen LogP contribution in [0.25, 0.3) is 10.2 Å². The van der Waals surface area contributed by atoms with Crippen molar-refractivity contribution in [3.63, 3.8) is 0 Å². The fraction of sp³-hybridized carbons (Fsp3) is 0.650. The van der Waals surface area contributed by atoms with E-state index in [0.29, 0.717) is 23.4 Å². The molecule has 2 aromatic heterocycles. The summed E-state index contributed by atoms with van der Waals surface area (Å²) in [6.07, 6.45) is 6.61. The van der Waals surface area contributed by atoms with Crippen LogP contribution in [0.3, 0.4) is 0 Å². The second-order valence-electron chi connectivity index (χ2n) is 7.97. The minimum atomic E-state index is 0.0843. The van der Waals surface area contributed by atoms with Crippen molar-refractivity contribution in [3.05, 3.63) is 20.8 Å². The summed E-state index contributed by atoms with van der Waals surface area (Å²) >= 11 is 3.10. The number of likely N-dealkylation sites (tertiary alicyclic amines) is 1. The van der Waals surface area contributed by atoms with Gasteiger partial charge < -0.3 is 4.90 Å². The highest BCUT2D eigenvalue weighted by atomic mass is 32.2. The molecule has 2 aliphatic rings. The molecule has 1 aliphatic heterocycles. The summed E-state index contributed by atoms with van der Waals surface area (Å²) in [7, 11) is 0. The SMILES string of the molecule is CC(C)Cn1c(SCC(=O)N2CCCCC2)nc2sc3c(c2c1=O)CCC3. The Morgan fingerprint density at radius 2 is 1.96 bits per heavy atom. The first-order valence-corrected chi connectivity index (χ1v) is 11.8. The number of carbonyl (C=O) groups is 1. The Labute approximate surface area is 168 Å². The molecule has 7 heteroatoms. The van der Waals surface area contributed by atoms with E-state index in [9.17, 15) is 9.59 Å². The Kier molecular flexibility index (Phi) is 5.60. The molecule has 0 N–H and O–H groups in total. The minimum Gasteiger partial charge on any atom is -0.342 e. The van der Waals surface area contributed by atoms with Crippen molar-refractivity contribution in [2.45, 2.75) is 64.1 Å². The molecule has 146 valence electrons. The lowest BCUT2D eigenvalue weighted by molar-refractivity contribution is -0.129. The van der Waals surface area contributed by atoms with E-state index in [2.05, 4.69) is 13.8 Å². The summed E-state index contributed by atoms with van der Waals surface area (Å²) in [5.74, 6) is 0.880. The minimum absolute atomic E-state index is 0.0843. The summed E-state index contributed by atoms with van der Waals surface area (Å²) < 4.78 is 1.81. The first-order valence-electron chi connectivity index (χ1n) is 10.00. The van der Waals surface area contributed by atoms with Gasteiger partial charge in [0.05, 0.1) is 11.1 Å². The highest BCUT2D eigenvalue weighted by Gasteiger charge is 2.24. The maximum Gasteiger partial charge on any atom is 0.263 e. The molecular weight excluding hydrogens is 378 g/mol. The zero-order valence-electron chi connectivity index (χ0n) is 16.1. The van der Waals surface area contributed by atoms with Crippen LogP contribution in [0, 0.1) is 5.92 Å². The Bertz CT molecular complexity index is 910. The lowest BCUT2D eigenvalue weighted by Gasteiger charge is -2.26. The van der Waals surface area contributed by atoms with Crippen molar-refractivity contribution >= 4 is 39.2 Å². The van der Waals surface area contributed by atoms with Crippen LogP contribution in [0.5, 0.6) is 0 Å². The van der Waals surface area contributed by atoms with Crippen molar-refractivity contribution in [2.24, 2.45) is 5.92 Å². The van der Waals surface area contributed by atoms with Gasteiger partial charge in [0, 0.05) is 24.5 Å². The number of hydrogen-bond donors (Lipinski definition) is 0. The molecular formula is C20H27N3O2S2. The third kappa shape index (κ3) is 3.81. The van der Waals surface area contributed by atoms with Crippen LogP contribution in [0.4, 0.5) is 0 Å². The average molecular weight is 406 g/mol. The Morgan fingerprint density at radius 1 is 1.19 bits per heavy atom. The van der Waals surface area contributed by atoms with Gasteiger partial charge in [-0.25, -0.2) is 4.98 Å². The molecule has 27 heavy (non-hydrogen) atoms. The molecule has 0 saturated carbocycles. The first-order chi connectivity index (χ1) is 13.0. The monoisotopic (exact) mass is 405 g/mol. The van der Waals surface area contributed by atoms with Crippen LogP contribution in [-0.2, 0) is 24.2 Å². The molecule has 1 aliphatic carbocycles. The van der Waals surface area contributed by atoms with E-state index in [0.717, 1.165) is 55.4 Å². The smallest absolute Gasteiger partial charge is 0.263 e. The van der Waals surface area contributed by atoms with Crippen LogP contribution >= 0.6 is 23.1 Å². The summed E-state index contributed by atoms with van der Waals surface area (Å²) in [4.78, 5) is 34.8. The molecule has 2 aromatic rings. The molecule has 1 fully saturated rings. The van der Waals surface area contributed by atoms with Crippen LogP contribution in [0.2, 0.25) is 0 Å². The van der Waals surface area contributed by atoms with E-state index in [4.69, 9.17) is 4.98 Å². The van der Waals surface area contributed by atoms with Gasteiger partial charge in [0.2, 0.25) is 5.91 Å². The van der Waals surface area contributed by atoms with Crippen LogP contribution in [0.1, 0.15) is 50.0 Å². The van der Waals surface area contributed by atoms with Crippen LogP contribution in [-0.4, -0.2) is 39.2 Å². The van der Waals surface area contributed by atoms with Gasteiger partial charge in [0.25, 0.3) is 5.56 Å². The number of fused-ring (bicyclic) bond motifs is 3. The first kappa shape index (κ1) is 19.0. The Hall–Kier alpha value is -1.34. The summed E-state index contributed by atoms with van der Waals surface area (Å²) in [6.45, 7) is 6.60. The van der Waals surface area contributed by atoms with Crippen molar-refractivity contribution < 1.29 is 4.79 Å². The standard InChI is InChI=1S/C20H27N3O2S2/c1-13(2)11-23-19(25)17-14-7-6-8-15(14)27-18(17)21-20(23)26-12-16(24)22-9-4-3-5-10-22/h13H,3-12H2,1-2H3. The maximum atomic E-state index is 13.3. The molecule has 3 heterocycles. The van der Waals surface area contributed by atoms with Gasteiger partial charge in [-0.05, 0) is 50.0 Å². The number of nitrogens with zero attached hydrogens (tertiary/aromatic N) is 3. The molecule has 1 amide bonds. The van der Waals surface area contributed by atoms with Gasteiger partial charge in [0.15, 0.2) is 5.16 Å². The highest BCUT2D eigenvalue weighted by Crippen LogP contribution is 2.35. The Morgan fingerprint density at radius 3 is 2.70 bits per heavy atom. The van der Waals surface area contributed by atoms with Gasteiger partial charge in [-0.15, -0.1) is 11.3 Å². The molecule has 5 nitrogen and oxygen atoms in total. The Balaban J connectivity index is 1.64. The quantitative estimate of drug-likeness (QED) is 0.562. The van der Waals surface area contributed by atoms with E-state index < -0.39 is 0 Å². The number of aryl methyl sites for hydroxylation is 2. The van der Waals surface area contributed by atoms with Crippen molar-refractivity contribution in [3.8, 4) is 0 Å². The normalized spacial score (nSPS) is 17.1. The zero-order chi connectivity index (χ0) is 19.0. The van der Waals surface area contributed by atoms with Crippen molar-refractivity contribution in [1.82, 2.24) is 14.5 Å². The zero-order valence-corrected chi connectivity index (χ0v) is 17.8. The van der Waals surface area contributed by atoms with Gasteiger partial charge in [0.1, 0.15) is 4.83 Å². The number of hydrogen-bond acceptors (Lipinski definition) is 5. The van der Waals surface area contributed by atoms with Gasteiger partial charge in [-0.1, -0.05) is 25.6 Å².